The van der Waals surface area contributed by atoms with E-state index in [-0.39, 0.29) is 0 Å². The molecule has 0 fully saturated rings. The number of hydrogen-bond acceptors (Lipinski definition) is 3. The van der Waals surface area contributed by atoms with Crippen molar-refractivity contribution in [2.75, 3.05) is 20.8 Å². The molecule has 0 amide bonds. The van der Waals surface area contributed by atoms with Gasteiger partial charge in [-0.15, -0.1) is 0 Å². The molecule has 0 spiro atoms. The summed E-state index contributed by atoms with van der Waals surface area (Å²) in [4.78, 5) is 0. The van der Waals surface area contributed by atoms with E-state index in [1.54, 1.807) is 14.2 Å². The highest BCUT2D eigenvalue weighted by molar-refractivity contribution is 5.38. The van der Waals surface area contributed by atoms with Gasteiger partial charge in [0.1, 0.15) is 5.75 Å². The standard InChI is InChI=1S/C17H29NO2/c1-12(2)13(3)10-18-14(4)15-7-8-17(20-6)16(9-15)11-19-5/h7-9,12-14,18H,10-11H2,1-6H3. The largest absolute Gasteiger partial charge is 0.496 e. The van der Waals surface area contributed by atoms with E-state index in [0.29, 0.717) is 24.5 Å². The molecule has 0 bridgehead atoms. The first kappa shape index (κ1) is 17.0. The number of hydrogen-bond donors (Lipinski definition) is 1. The maximum atomic E-state index is 5.36. The van der Waals surface area contributed by atoms with Crippen molar-refractivity contribution in [1.29, 1.82) is 0 Å². The minimum atomic E-state index is 0.331. The second-order valence-corrected chi connectivity index (χ2v) is 5.86. The first-order chi connectivity index (χ1) is 9.49. The molecule has 0 radical (unpaired) electrons. The zero-order chi connectivity index (χ0) is 15.1. The van der Waals surface area contributed by atoms with Crippen molar-refractivity contribution in [3.63, 3.8) is 0 Å². The van der Waals surface area contributed by atoms with Crippen LogP contribution in [-0.4, -0.2) is 20.8 Å². The van der Waals surface area contributed by atoms with Crippen molar-refractivity contribution in [3.05, 3.63) is 29.3 Å². The SMILES string of the molecule is COCc1cc(C(C)NCC(C)C(C)C)ccc1OC. The van der Waals surface area contributed by atoms with Gasteiger partial charge in [0.2, 0.25) is 0 Å². The van der Waals surface area contributed by atoms with Crippen molar-refractivity contribution >= 4 is 0 Å². The first-order valence-electron chi connectivity index (χ1n) is 7.38. The monoisotopic (exact) mass is 279 g/mol. The van der Waals surface area contributed by atoms with Crippen molar-refractivity contribution in [1.82, 2.24) is 5.32 Å². The van der Waals surface area contributed by atoms with Crippen molar-refractivity contribution in [3.8, 4) is 5.75 Å². The molecule has 1 aromatic carbocycles. The van der Waals surface area contributed by atoms with Gasteiger partial charge in [0.15, 0.2) is 0 Å². The zero-order valence-electron chi connectivity index (χ0n) is 13.7. The predicted molar refractivity (Wildman–Crippen MR) is 84.1 cm³/mol. The number of benzene rings is 1. The lowest BCUT2D eigenvalue weighted by atomic mass is 9.97. The molecule has 20 heavy (non-hydrogen) atoms. The lowest BCUT2D eigenvalue weighted by molar-refractivity contribution is 0.181. The van der Waals surface area contributed by atoms with E-state index in [9.17, 15) is 0 Å². The minimum absolute atomic E-state index is 0.331. The molecule has 114 valence electrons. The second kappa shape index (κ2) is 8.28. The molecule has 2 atom stereocenters. The zero-order valence-corrected chi connectivity index (χ0v) is 13.7. The van der Waals surface area contributed by atoms with Gasteiger partial charge >= 0.3 is 0 Å². The molecule has 1 rings (SSSR count). The Balaban J connectivity index is 2.72. The number of ether oxygens (including phenoxy) is 2. The van der Waals surface area contributed by atoms with Crippen LogP contribution in [0.5, 0.6) is 5.75 Å². The summed E-state index contributed by atoms with van der Waals surface area (Å²) in [5.41, 5.74) is 2.37. The van der Waals surface area contributed by atoms with Crippen LogP contribution in [0.2, 0.25) is 0 Å². The Morgan fingerprint density at radius 3 is 2.35 bits per heavy atom. The molecule has 0 aliphatic heterocycles. The third-order valence-corrected chi connectivity index (χ3v) is 3.99. The van der Waals surface area contributed by atoms with Crippen LogP contribution in [0.25, 0.3) is 0 Å². The van der Waals surface area contributed by atoms with E-state index in [4.69, 9.17) is 9.47 Å². The lowest BCUT2D eigenvalue weighted by Crippen LogP contribution is -2.26. The van der Waals surface area contributed by atoms with Crippen molar-refractivity contribution < 1.29 is 9.47 Å². The van der Waals surface area contributed by atoms with E-state index in [1.807, 2.05) is 6.07 Å². The van der Waals surface area contributed by atoms with E-state index >= 15 is 0 Å². The Morgan fingerprint density at radius 2 is 1.80 bits per heavy atom. The number of methoxy groups -OCH3 is 2. The second-order valence-electron chi connectivity index (χ2n) is 5.86. The highest BCUT2D eigenvalue weighted by atomic mass is 16.5. The van der Waals surface area contributed by atoms with Crippen LogP contribution in [0, 0.1) is 11.8 Å². The summed E-state index contributed by atoms with van der Waals surface area (Å²) < 4.78 is 10.6. The highest BCUT2D eigenvalue weighted by Gasteiger charge is 2.12. The maximum absolute atomic E-state index is 5.36. The van der Waals surface area contributed by atoms with Crippen LogP contribution in [0.15, 0.2) is 18.2 Å². The van der Waals surface area contributed by atoms with Crippen LogP contribution in [0.1, 0.15) is 44.9 Å². The first-order valence-corrected chi connectivity index (χ1v) is 7.38. The Kier molecular flexibility index (Phi) is 7.03. The van der Waals surface area contributed by atoms with Crippen molar-refractivity contribution in [2.45, 2.75) is 40.3 Å². The Hall–Kier alpha value is -1.06. The molecule has 0 aliphatic carbocycles. The van der Waals surface area contributed by atoms with Crippen LogP contribution in [0.4, 0.5) is 0 Å². The normalized spacial score (nSPS) is 14.3. The fourth-order valence-electron chi connectivity index (χ4n) is 2.05. The summed E-state index contributed by atoms with van der Waals surface area (Å²) in [5.74, 6) is 2.27. The van der Waals surface area contributed by atoms with Crippen LogP contribution >= 0.6 is 0 Å². The van der Waals surface area contributed by atoms with Gasteiger partial charge in [0.05, 0.1) is 13.7 Å². The van der Waals surface area contributed by atoms with Gasteiger partial charge in [-0.1, -0.05) is 26.8 Å². The van der Waals surface area contributed by atoms with Gasteiger partial charge < -0.3 is 14.8 Å². The topological polar surface area (TPSA) is 30.5 Å². The quantitative estimate of drug-likeness (QED) is 0.785. The lowest BCUT2D eigenvalue weighted by Gasteiger charge is -2.21. The highest BCUT2D eigenvalue weighted by Crippen LogP contribution is 2.24. The Bertz CT molecular complexity index is 404. The smallest absolute Gasteiger partial charge is 0.124 e. The van der Waals surface area contributed by atoms with Crippen LogP contribution < -0.4 is 10.1 Å². The van der Waals surface area contributed by atoms with Crippen LogP contribution in [0.3, 0.4) is 0 Å². The molecule has 0 heterocycles. The summed E-state index contributed by atoms with van der Waals surface area (Å²) in [7, 11) is 3.40. The molecule has 3 heteroatoms. The summed E-state index contributed by atoms with van der Waals surface area (Å²) in [6, 6.07) is 6.64. The molecule has 0 saturated carbocycles. The van der Waals surface area contributed by atoms with E-state index in [2.05, 4.69) is 45.1 Å². The summed E-state index contributed by atoms with van der Waals surface area (Å²) in [5, 5.41) is 3.61. The average molecular weight is 279 g/mol. The Labute approximate surface area is 123 Å². The Morgan fingerprint density at radius 1 is 1.10 bits per heavy atom. The van der Waals surface area contributed by atoms with E-state index in [0.717, 1.165) is 17.9 Å². The third-order valence-electron chi connectivity index (χ3n) is 3.99. The van der Waals surface area contributed by atoms with Gasteiger partial charge in [0.25, 0.3) is 0 Å². The predicted octanol–water partition coefficient (Wildman–Crippen LogP) is 3.78. The van der Waals surface area contributed by atoms with Gasteiger partial charge in [-0.3, -0.25) is 0 Å². The van der Waals surface area contributed by atoms with Gasteiger partial charge in [-0.25, -0.2) is 0 Å². The molecule has 1 N–H and O–H groups in total. The fourth-order valence-corrected chi connectivity index (χ4v) is 2.05. The molecule has 0 saturated heterocycles. The van der Waals surface area contributed by atoms with Gasteiger partial charge in [-0.05, 0) is 43.0 Å². The fraction of sp³-hybridized carbons (Fsp3) is 0.647. The molecular formula is C17H29NO2. The number of nitrogens with one attached hydrogen (secondary N) is 1. The van der Waals surface area contributed by atoms with Crippen molar-refractivity contribution in [2.24, 2.45) is 11.8 Å². The molecule has 3 nitrogen and oxygen atoms in total. The third kappa shape index (κ3) is 4.80. The van der Waals surface area contributed by atoms with Gasteiger partial charge in [0, 0.05) is 18.7 Å². The number of rotatable bonds is 8. The minimum Gasteiger partial charge on any atom is -0.496 e. The summed E-state index contributed by atoms with van der Waals surface area (Å²) in [6.07, 6.45) is 0. The summed E-state index contributed by atoms with van der Waals surface area (Å²) in [6.45, 7) is 10.6. The molecule has 0 aromatic heterocycles. The maximum Gasteiger partial charge on any atom is 0.124 e. The molecule has 2 unspecified atom stereocenters. The van der Waals surface area contributed by atoms with Gasteiger partial charge in [-0.2, -0.15) is 0 Å². The average Bonchev–Trinajstić information content (AvgIpc) is 2.44. The summed E-state index contributed by atoms with van der Waals surface area (Å²) >= 11 is 0. The van der Waals surface area contributed by atoms with Crippen LogP contribution in [-0.2, 0) is 11.3 Å². The molecular weight excluding hydrogens is 250 g/mol. The van der Waals surface area contributed by atoms with E-state index < -0.39 is 0 Å². The molecule has 0 aliphatic rings. The molecule has 1 aromatic rings. The van der Waals surface area contributed by atoms with E-state index in [1.165, 1.54) is 5.56 Å².